The second-order valence-corrected chi connectivity index (χ2v) is 4.85. The first-order chi connectivity index (χ1) is 10.4. The van der Waals surface area contributed by atoms with E-state index in [-0.39, 0.29) is 11.3 Å². The predicted molar refractivity (Wildman–Crippen MR) is 77.1 cm³/mol. The number of amides is 1. The quantitative estimate of drug-likeness (QED) is 0.863. The maximum atomic E-state index is 12.4. The number of alkyl halides is 3. The molecule has 0 radical (unpaired) electrons. The van der Waals surface area contributed by atoms with E-state index in [1.807, 2.05) is 0 Å². The standard InChI is InChI=1S/C14H11F3N2O2S/c1-22-13-9(5-4-8-18-13)12(20)19-10-6-2-3-7-11(10)21-14(15,16)17/h2-8H,1H3,(H,19,20). The van der Waals surface area contributed by atoms with Gasteiger partial charge in [-0.2, -0.15) is 0 Å². The molecule has 0 aliphatic heterocycles. The van der Waals surface area contributed by atoms with Crippen molar-refractivity contribution in [1.29, 1.82) is 0 Å². The van der Waals surface area contributed by atoms with Crippen LogP contribution in [-0.4, -0.2) is 23.5 Å². The lowest BCUT2D eigenvalue weighted by molar-refractivity contribution is -0.274. The minimum atomic E-state index is -4.83. The summed E-state index contributed by atoms with van der Waals surface area (Å²) in [5.74, 6) is -1.03. The summed E-state index contributed by atoms with van der Waals surface area (Å²) >= 11 is 1.27. The Balaban J connectivity index is 2.25. The van der Waals surface area contributed by atoms with E-state index in [1.54, 1.807) is 18.4 Å². The van der Waals surface area contributed by atoms with Crippen LogP contribution in [0.25, 0.3) is 0 Å². The van der Waals surface area contributed by atoms with Gasteiger partial charge in [-0.05, 0) is 30.5 Å². The molecule has 1 heterocycles. The van der Waals surface area contributed by atoms with E-state index in [0.29, 0.717) is 5.03 Å². The average Bonchev–Trinajstić information content (AvgIpc) is 2.47. The molecule has 1 aromatic heterocycles. The van der Waals surface area contributed by atoms with Gasteiger partial charge in [0.05, 0.1) is 11.3 Å². The highest BCUT2D eigenvalue weighted by Crippen LogP contribution is 2.30. The molecule has 1 aromatic carbocycles. The lowest BCUT2D eigenvalue weighted by atomic mass is 10.2. The maximum absolute atomic E-state index is 12.4. The number of benzene rings is 1. The monoisotopic (exact) mass is 328 g/mol. The van der Waals surface area contributed by atoms with Crippen LogP contribution in [-0.2, 0) is 0 Å². The topological polar surface area (TPSA) is 51.2 Å². The minimum Gasteiger partial charge on any atom is -0.404 e. The van der Waals surface area contributed by atoms with E-state index in [0.717, 1.165) is 6.07 Å². The minimum absolute atomic E-state index is 0.0688. The second kappa shape index (κ2) is 6.69. The van der Waals surface area contributed by atoms with Gasteiger partial charge in [0.25, 0.3) is 5.91 Å². The van der Waals surface area contributed by atoms with Crippen molar-refractivity contribution < 1.29 is 22.7 Å². The first-order valence-corrected chi connectivity index (χ1v) is 7.28. The third-order valence-corrected chi connectivity index (χ3v) is 3.28. The Kier molecular flexibility index (Phi) is 4.92. The van der Waals surface area contributed by atoms with Gasteiger partial charge in [0.15, 0.2) is 5.75 Å². The molecule has 0 saturated heterocycles. The SMILES string of the molecule is CSc1ncccc1C(=O)Nc1ccccc1OC(F)(F)F. The van der Waals surface area contributed by atoms with Crippen LogP contribution < -0.4 is 10.1 Å². The van der Waals surface area contributed by atoms with Crippen molar-refractivity contribution in [1.82, 2.24) is 4.98 Å². The van der Waals surface area contributed by atoms with Crippen molar-refractivity contribution in [2.75, 3.05) is 11.6 Å². The van der Waals surface area contributed by atoms with Crippen LogP contribution in [0.5, 0.6) is 5.75 Å². The maximum Gasteiger partial charge on any atom is 0.573 e. The van der Waals surface area contributed by atoms with Crippen LogP contribution in [0.2, 0.25) is 0 Å². The molecule has 4 nitrogen and oxygen atoms in total. The zero-order chi connectivity index (χ0) is 16.2. The van der Waals surface area contributed by atoms with Gasteiger partial charge in [-0.1, -0.05) is 12.1 Å². The number of halogens is 3. The number of hydrogen-bond donors (Lipinski definition) is 1. The van der Waals surface area contributed by atoms with Crippen LogP contribution in [0.4, 0.5) is 18.9 Å². The van der Waals surface area contributed by atoms with Gasteiger partial charge >= 0.3 is 6.36 Å². The number of para-hydroxylation sites is 2. The predicted octanol–water partition coefficient (Wildman–Crippen LogP) is 3.95. The van der Waals surface area contributed by atoms with Crippen molar-refractivity contribution in [2.24, 2.45) is 0 Å². The average molecular weight is 328 g/mol. The van der Waals surface area contributed by atoms with Crippen LogP contribution in [0.15, 0.2) is 47.6 Å². The number of ether oxygens (including phenoxy) is 1. The number of carbonyl (C=O) groups excluding carboxylic acids is 1. The summed E-state index contributed by atoms with van der Waals surface area (Å²) in [6, 6.07) is 8.45. The summed E-state index contributed by atoms with van der Waals surface area (Å²) < 4.78 is 40.9. The molecule has 0 aliphatic carbocycles. The fraction of sp³-hybridized carbons (Fsp3) is 0.143. The van der Waals surface area contributed by atoms with E-state index in [2.05, 4.69) is 15.0 Å². The van der Waals surface area contributed by atoms with Crippen molar-refractivity contribution in [3.05, 3.63) is 48.2 Å². The number of anilines is 1. The number of thioether (sulfide) groups is 1. The van der Waals surface area contributed by atoms with Crippen molar-refractivity contribution >= 4 is 23.4 Å². The molecular formula is C14H11F3N2O2S. The van der Waals surface area contributed by atoms with Gasteiger partial charge in [-0.15, -0.1) is 24.9 Å². The molecule has 0 fully saturated rings. The Bertz CT molecular complexity index is 677. The summed E-state index contributed by atoms with van der Waals surface area (Å²) in [5, 5.41) is 2.89. The Morgan fingerprint density at radius 2 is 1.95 bits per heavy atom. The van der Waals surface area contributed by atoms with E-state index in [4.69, 9.17) is 0 Å². The first kappa shape index (κ1) is 16.2. The highest BCUT2D eigenvalue weighted by atomic mass is 32.2. The highest BCUT2D eigenvalue weighted by Gasteiger charge is 2.32. The van der Waals surface area contributed by atoms with Gasteiger partial charge in [-0.25, -0.2) is 4.98 Å². The number of nitrogens with zero attached hydrogens (tertiary/aromatic N) is 1. The summed E-state index contributed by atoms with van der Waals surface area (Å²) in [6.45, 7) is 0. The van der Waals surface area contributed by atoms with E-state index < -0.39 is 18.0 Å². The molecule has 2 aromatic rings. The van der Waals surface area contributed by atoms with Gasteiger partial charge < -0.3 is 10.1 Å². The molecule has 8 heteroatoms. The molecule has 2 rings (SSSR count). The summed E-state index contributed by atoms with van der Waals surface area (Å²) in [5.41, 5.74) is 0.206. The third-order valence-electron chi connectivity index (χ3n) is 2.57. The van der Waals surface area contributed by atoms with Gasteiger partial charge in [-0.3, -0.25) is 4.79 Å². The number of nitrogens with one attached hydrogen (secondary N) is 1. The summed E-state index contributed by atoms with van der Waals surface area (Å²) in [4.78, 5) is 16.2. The molecule has 1 amide bonds. The zero-order valence-electron chi connectivity index (χ0n) is 11.3. The van der Waals surface area contributed by atoms with Crippen molar-refractivity contribution in [2.45, 2.75) is 11.4 Å². The lowest BCUT2D eigenvalue weighted by Gasteiger charge is -2.14. The Morgan fingerprint density at radius 3 is 2.64 bits per heavy atom. The number of aromatic nitrogens is 1. The molecule has 116 valence electrons. The lowest BCUT2D eigenvalue weighted by Crippen LogP contribution is -2.20. The van der Waals surface area contributed by atoms with Crippen LogP contribution in [0.3, 0.4) is 0 Å². The number of hydrogen-bond acceptors (Lipinski definition) is 4. The molecule has 0 atom stereocenters. The number of rotatable bonds is 4. The van der Waals surface area contributed by atoms with Crippen molar-refractivity contribution in [3.8, 4) is 5.75 Å². The third kappa shape index (κ3) is 4.14. The Labute approximate surface area is 128 Å². The number of pyridine rings is 1. The van der Waals surface area contributed by atoms with E-state index >= 15 is 0 Å². The molecule has 22 heavy (non-hydrogen) atoms. The normalized spacial score (nSPS) is 11.1. The molecule has 0 aliphatic rings. The van der Waals surface area contributed by atoms with Gasteiger partial charge in [0.2, 0.25) is 0 Å². The highest BCUT2D eigenvalue weighted by molar-refractivity contribution is 7.98. The van der Waals surface area contributed by atoms with Crippen LogP contribution in [0, 0.1) is 0 Å². The zero-order valence-corrected chi connectivity index (χ0v) is 12.2. The second-order valence-electron chi connectivity index (χ2n) is 4.06. The fourth-order valence-corrected chi connectivity index (χ4v) is 2.25. The number of carbonyl (C=O) groups is 1. The van der Waals surface area contributed by atoms with Crippen molar-refractivity contribution in [3.63, 3.8) is 0 Å². The molecule has 0 unspecified atom stereocenters. The molecule has 0 bridgehead atoms. The Morgan fingerprint density at radius 1 is 1.23 bits per heavy atom. The first-order valence-electron chi connectivity index (χ1n) is 6.06. The van der Waals surface area contributed by atoms with Crippen LogP contribution >= 0.6 is 11.8 Å². The van der Waals surface area contributed by atoms with Crippen LogP contribution in [0.1, 0.15) is 10.4 Å². The smallest absolute Gasteiger partial charge is 0.404 e. The van der Waals surface area contributed by atoms with Gasteiger partial charge in [0.1, 0.15) is 5.03 Å². The largest absolute Gasteiger partial charge is 0.573 e. The fourth-order valence-electron chi connectivity index (χ4n) is 1.70. The van der Waals surface area contributed by atoms with E-state index in [1.165, 1.54) is 36.2 Å². The molecular weight excluding hydrogens is 317 g/mol. The summed E-state index contributed by atoms with van der Waals surface area (Å²) in [6.07, 6.45) is -1.55. The van der Waals surface area contributed by atoms with Gasteiger partial charge in [0, 0.05) is 6.20 Å². The Hall–Kier alpha value is -2.22. The molecule has 1 N–H and O–H groups in total. The van der Waals surface area contributed by atoms with E-state index in [9.17, 15) is 18.0 Å². The summed E-state index contributed by atoms with van der Waals surface area (Å²) in [7, 11) is 0. The molecule has 0 saturated carbocycles. The molecule has 0 spiro atoms.